The highest BCUT2D eigenvalue weighted by molar-refractivity contribution is 7.88. The zero-order chi connectivity index (χ0) is 14.5. The van der Waals surface area contributed by atoms with Crippen LogP contribution in [0.4, 0.5) is 4.79 Å². The second-order valence-electron chi connectivity index (χ2n) is 4.49. The number of nitrogens with zero attached hydrogens (tertiary/aromatic N) is 1. The Bertz CT molecular complexity index is 436. The van der Waals surface area contributed by atoms with Gasteiger partial charge in [0.1, 0.15) is 0 Å². The molecule has 0 spiro atoms. The molecule has 0 aromatic rings. The first-order chi connectivity index (χ1) is 8.79. The number of urea groups is 1. The van der Waals surface area contributed by atoms with Crippen LogP contribution in [0.1, 0.15) is 19.3 Å². The van der Waals surface area contributed by atoms with Gasteiger partial charge in [-0.05, 0) is 12.8 Å². The van der Waals surface area contributed by atoms with Crippen molar-refractivity contribution in [2.24, 2.45) is 0 Å². The molecule has 1 aliphatic heterocycles. The maximum absolute atomic E-state index is 11.8. The zero-order valence-electron chi connectivity index (χ0n) is 10.8. The average molecular weight is 293 g/mol. The van der Waals surface area contributed by atoms with Crippen molar-refractivity contribution >= 4 is 22.0 Å². The lowest BCUT2D eigenvalue weighted by Gasteiger charge is -2.23. The van der Waals surface area contributed by atoms with Gasteiger partial charge in [0.05, 0.1) is 12.7 Å². The largest absolute Gasteiger partial charge is 0.481 e. The van der Waals surface area contributed by atoms with Crippen LogP contribution in [-0.2, 0) is 14.8 Å². The minimum atomic E-state index is -3.26. The van der Waals surface area contributed by atoms with Gasteiger partial charge in [0.2, 0.25) is 10.0 Å². The highest BCUT2D eigenvalue weighted by atomic mass is 32.2. The molecule has 110 valence electrons. The topological polar surface area (TPSA) is 116 Å². The van der Waals surface area contributed by atoms with E-state index < -0.39 is 16.0 Å². The standard InChI is InChI=1S/C10H19N3O5S/c1-19(17,18)12-5-4-11-10(16)13-6-2-3-8(13)7-9(14)15/h8,12H,2-7H2,1H3,(H,11,16)(H,14,15). The zero-order valence-corrected chi connectivity index (χ0v) is 11.6. The molecule has 1 aliphatic rings. The van der Waals surface area contributed by atoms with E-state index in [-0.39, 0.29) is 31.6 Å². The molecular weight excluding hydrogens is 274 g/mol. The van der Waals surface area contributed by atoms with Gasteiger partial charge in [-0.25, -0.2) is 17.9 Å². The number of carbonyl (C=O) groups is 2. The number of aliphatic carboxylic acids is 1. The lowest BCUT2D eigenvalue weighted by molar-refractivity contribution is -0.137. The first kappa shape index (κ1) is 15.7. The van der Waals surface area contributed by atoms with Crippen LogP contribution in [0.15, 0.2) is 0 Å². The van der Waals surface area contributed by atoms with Gasteiger partial charge in [0.25, 0.3) is 0 Å². The van der Waals surface area contributed by atoms with E-state index >= 15 is 0 Å². The van der Waals surface area contributed by atoms with Gasteiger partial charge >= 0.3 is 12.0 Å². The third-order valence-electron chi connectivity index (χ3n) is 2.81. The van der Waals surface area contributed by atoms with E-state index in [9.17, 15) is 18.0 Å². The van der Waals surface area contributed by atoms with Crippen LogP contribution in [0.5, 0.6) is 0 Å². The lowest BCUT2D eigenvalue weighted by atomic mass is 10.1. The number of likely N-dealkylation sites (tertiary alicyclic amines) is 1. The molecule has 8 nitrogen and oxygen atoms in total. The molecule has 0 aliphatic carbocycles. The van der Waals surface area contributed by atoms with Crippen LogP contribution in [0, 0.1) is 0 Å². The van der Waals surface area contributed by atoms with Crippen LogP contribution in [-0.4, -0.2) is 62.4 Å². The molecular formula is C10H19N3O5S. The Labute approximate surface area is 112 Å². The number of hydrogen-bond donors (Lipinski definition) is 3. The van der Waals surface area contributed by atoms with E-state index in [4.69, 9.17) is 5.11 Å². The van der Waals surface area contributed by atoms with Crippen molar-refractivity contribution in [3.8, 4) is 0 Å². The summed E-state index contributed by atoms with van der Waals surface area (Å²) >= 11 is 0. The molecule has 9 heteroatoms. The van der Waals surface area contributed by atoms with Gasteiger partial charge in [-0.3, -0.25) is 4.79 Å². The van der Waals surface area contributed by atoms with Crippen molar-refractivity contribution in [3.05, 3.63) is 0 Å². The molecule has 1 heterocycles. The molecule has 0 bridgehead atoms. The molecule has 2 amide bonds. The van der Waals surface area contributed by atoms with Crippen LogP contribution in [0.3, 0.4) is 0 Å². The molecule has 0 aromatic heterocycles. The second-order valence-corrected chi connectivity index (χ2v) is 6.32. The molecule has 0 saturated carbocycles. The third kappa shape index (κ3) is 5.88. The maximum atomic E-state index is 11.8. The Morgan fingerprint density at radius 1 is 1.37 bits per heavy atom. The van der Waals surface area contributed by atoms with E-state index in [0.717, 1.165) is 12.7 Å². The Balaban J connectivity index is 2.34. The maximum Gasteiger partial charge on any atom is 0.317 e. The van der Waals surface area contributed by atoms with Gasteiger partial charge in [-0.15, -0.1) is 0 Å². The Morgan fingerprint density at radius 2 is 2.05 bits per heavy atom. The van der Waals surface area contributed by atoms with Gasteiger partial charge in [-0.1, -0.05) is 0 Å². The Kier molecular flexibility index (Phi) is 5.55. The number of nitrogens with one attached hydrogen (secondary N) is 2. The van der Waals surface area contributed by atoms with Crippen molar-refractivity contribution in [2.45, 2.75) is 25.3 Å². The van der Waals surface area contributed by atoms with Gasteiger partial charge in [0.15, 0.2) is 0 Å². The smallest absolute Gasteiger partial charge is 0.317 e. The van der Waals surface area contributed by atoms with Crippen molar-refractivity contribution in [1.82, 2.24) is 14.9 Å². The monoisotopic (exact) mass is 293 g/mol. The molecule has 1 unspecified atom stereocenters. The van der Waals surface area contributed by atoms with E-state index in [1.165, 1.54) is 4.90 Å². The summed E-state index contributed by atoms with van der Waals surface area (Å²) in [7, 11) is -3.26. The molecule has 19 heavy (non-hydrogen) atoms. The summed E-state index contributed by atoms with van der Waals surface area (Å²) in [4.78, 5) is 24.0. The minimum absolute atomic E-state index is 0.0605. The molecule has 1 rings (SSSR count). The number of amides is 2. The summed E-state index contributed by atoms with van der Waals surface area (Å²) in [5.41, 5.74) is 0. The minimum Gasteiger partial charge on any atom is -0.481 e. The molecule has 3 N–H and O–H groups in total. The highest BCUT2D eigenvalue weighted by Crippen LogP contribution is 2.19. The molecule has 1 fully saturated rings. The number of carbonyl (C=O) groups excluding carboxylic acids is 1. The first-order valence-corrected chi connectivity index (χ1v) is 7.89. The SMILES string of the molecule is CS(=O)(=O)NCCNC(=O)N1CCCC1CC(=O)O. The second kappa shape index (κ2) is 6.71. The fraction of sp³-hybridized carbons (Fsp3) is 0.800. The quantitative estimate of drug-likeness (QED) is 0.554. The summed E-state index contributed by atoms with van der Waals surface area (Å²) in [5.74, 6) is -0.927. The van der Waals surface area contributed by atoms with E-state index in [1.807, 2.05) is 0 Å². The number of carboxylic acid groups (broad SMARTS) is 1. The van der Waals surface area contributed by atoms with Crippen molar-refractivity contribution in [2.75, 3.05) is 25.9 Å². The van der Waals surface area contributed by atoms with Crippen LogP contribution < -0.4 is 10.0 Å². The van der Waals surface area contributed by atoms with E-state index in [0.29, 0.717) is 13.0 Å². The van der Waals surface area contributed by atoms with Gasteiger partial charge in [0, 0.05) is 25.7 Å². The predicted molar refractivity (Wildman–Crippen MR) is 68.2 cm³/mol. The molecule has 0 radical (unpaired) electrons. The van der Waals surface area contributed by atoms with Crippen LogP contribution in [0.2, 0.25) is 0 Å². The van der Waals surface area contributed by atoms with Crippen LogP contribution >= 0.6 is 0 Å². The highest BCUT2D eigenvalue weighted by Gasteiger charge is 2.30. The lowest BCUT2D eigenvalue weighted by Crippen LogP contribution is -2.45. The van der Waals surface area contributed by atoms with Crippen molar-refractivity contribution in [3.63, 3.8) is 0 Å². The molecule has 1 atom stereocenters. The molecule has 0 aromatic carbocycles. The van der Waals surface area contributed by atoms with Crippen molar-refractivity contribution < 1.29 is 23.1 Å². The van der Waals surface area contributed by atoms with Crippen molar-refractivity contribution in [1.29, 1.82) is 0 Å². The average Bonchev–Trinajstić information content (AvgIpc) is 2.70. The summed E-state index contributed by atoms with van der Waals surface area (Å²) in [6.07, 6.45) is 2.45. The van der Waals surface area contributed by atoms with Gasteiger partial charge in [-0.2, -0.15) is 0 Å². The molecule has 1 saturated heterocycles. The summed E-state index contributed by atoms with van der Waals surface area (Å²) in [5, 5.41) is 11.3. The summed E-state index contributed by atoms with van der Waals surface area (Å²) in [6.45, 7) is 0.813. The van der Waals surface area contributed by atoms with E-state index in [1.54, 1.807) is 0 Å². The Hall–Kier alpha value is -1.35. The fourth-order valence-corrected chi connectivity index (χ4v) is 2.50. The summed E-state index contributed by atoms with van der Waals surface area (Å²) < 4.78 is 23.9. The van der Waals surface area contributed by atoms with E-state index in [2.05, 4.69) is 10.0 Å². The number of rotatable bonds is 6. The van der Waals surface area contributed by atoms with Gasteiger partial charge < -0.3 is 15.3 Å². The number of carboxylic acids is 1. The fourth-order valence-electron chi connectivity index (χ4n) is 2.02. The predicted octanol–water partition coefficient (Wildman–Crippen LogP) is -0.816. The summed E-state index contributed by atoms with van der Waals surface area (Å²) in [6, 6.07) is -0.626. The normalized spacial score (nSPS) is 19.4. The number of sulfonamides is 1. The van der Waals surface area contributed by atoms with Crippen LogP contribution in [0.25, 0.3) is 0 Å². The third-order valence-corrected chi connectivity index (χ3v) is 3.54. The Morgan fingerprint density at radius 3 is 2.63 bits per heavy atom. The first-order valence-electron chi connectivity index (χ1n) is 6.00. The number of hydrogen-bond acceptors (Lipinski definition) is 4.